The Morgan fingerprint density at radius 1 is 0.304 bits per heavy atom. The highest BCUT2D eigenvalue weighted by Gasteiger charge is 2.16. The van der Waals surface area contributed by atoms with Crippen LogP contribution in [0.4, 0.5) is 17.1 Å². The molecule has 0 fully saturated rings. The Labute approximate surface area is 267 Å². The van der Waals surface area contributed by atoms with Gasteiger partial charge in [-0.25, -0.2) is 0 Å². The second-order valence-electron chi connectivity index (χ2n) is 11.8. The molecule has 2 nitrogen and oxygen atoms in total. The Hall–Kier alpha value is -6.12. The first-order valence-electron chi connectivity index (χ1n) is 15.7. The summed E-state index contributed by atoms with van der Waals surface area (Å²) in [5.41, 5.74) is 10.00. The molecule has 46 heavy (non-hydrogen) atoms. The minimum atomic E-state index is 0.923. The van der Waals surface area contributed by atoms with Gasteiger partial charge in [0.05, 0.1) is 0 Å². The van der Waals surface area contributed by atoms with E-state index in [0.717, 1.165) is 39.0 Å². The molecule has 9 rings (SSSR count). The molecule has 0 aliphatic carbocycles. The minimum absolute atomic E-state index is 0.923. The van der Waals surface area contributed by atoms with Crippen LogP contribution in [-0.4, -0.2) is 0 Å². The molecule has 0 saturated carbocycles. The van der Waals surface area contributed by atoms with E-state index in [-0.39, 0.29) is 0 Å². The molecule has 0 spiro atoms. The molecule has 0 unspecified atom stereocenters. The van der Waals surface area contributed by atoms with Crippen molar-refractivity contribution in [2.75, 3.05) is 4.90 Å². The number of hydrogen-bond donors (Lipinski definition) is 0. The Kier molecular flexibility index (Phi) is 6.17. The summed E-state index contributed by atoms with van der Waals surface area (Å²) in [4.78, 5) is 2.35. The van der Waals surface area contributed by atoms with Crippen molar-refractivity contribution in [1.29, 1.82) is 0 Å². The molecule has 1 heterocycles. The smallest absolute Gasteiger partial charge is 0.136 e. The lowest BCUT2D eigenvalue weighted by atomic mass is 9.98. The Morgan fingerprint density at radius 2 is 0.913 bits per heavy atom. The molecular weight excluding hydrogens is 558 g/mol. The van der Waals surface area contributed by atoms with Crippen molar-refractivity contribution in [3.63, 3.8) is 0 Å². The Balaban J connectivity index is 1.17. The van der Waals surface area contributed by atoms with Crippen molar-refractivity contribution in [3.8, 4) is 22.3 Å². The maximum atomic E-state index is 6.19. The van der Waals surface area contributed by atoms with Gasteiger partial charge in [-0.15, -0.1) is 0 Å². The van der Waals surface area contributed by atoms with E-state index in [2.05, 4.69) is 169 Å². The normalized spacial score (nSPS) is 11.5. The molecule has 9 aromatic rings. The van der Waals surface area contributed by atoms with Gasteiger partial charge >= 0.3 is 0 Å². The van der Waals surface area contributed by atoms with E-state index in [1.165, 1.54) is 43.8 Å². The number of anilines is 3. The van der Waals surface area contributed by atoms with Gasteiger partial charge in [0, 0.05) is 27.8 Å². The van der Waals surface area contributed by atoms with Crippen LogP contribution in [-0.2, 0) is 0 Å². The van der Waals surface area contributed by atoms with Crippen molar-refractivity contribution in [1.82, 2.24) is 0 Å². The number of furan rings is 1. The monoisotopic (exact) mass is 587 g/mol. The van der Waals surface area contributed by atoms with Crippen LogP contribution in [0.5, 0.6) is 0 Å². The summed E-state index contributed by atoms with van der Waals surface area (Å²) in [6.45, 7) is 0. The summed E-state index contributed by atoms with van der Waals surface area (Å²) < 4.78 is 6.19. The average Bonchev–Trinajstić information content (AvgIpc) is 3.49. The third-order valence-electron chi connectivity index (χ3n) is 9.00. The van der Waals surface area contributed by atoms with Crippen LogP contribution in [0.1, 0.15) is 0 Å². The maximum absolute atomic E-state index is 6.19. The zero-order chi connectivity index (χ0) is 30.5. The predicted octanol–water partition coefficient (Wildman–Crippen LogP) is 12.7. The van der Waals surface area contributed by atoms with Crippen molar-refractivity contribution >= 4 is 60.5 Å². The first-order valence-corrected chi connectivity index (χ1v) is 15.7. The van der Waals surface area contributed by atoms with Gasteiger partial charge in [0.2, 0.25) is 0 Å². The van der Waals surface area contributed by atoms with Gasteiger partial charge < -0.3 is 9.32 Å². The topological polar surface area (TPSA) is 16.4 Å². The molecule has 2 heteroatoms. The highest BCUT2D eigenvalue weighted by atomic mass is 16.3. The number of benzene rings is 8. The fourth-order valence-corrected chi connectivity index (χ4v) is 6.77. The summed E-state index contributed by atoms with van der Waals surface area (Å²) in [7, 11) is 0. The first-order chi connectivity index (χ1) is 22.8. The molecule has 216 valence electrons. The quantitative estimate of drug-likeness (QED) is 0.186. The van der Waals surface area contributed by atoms with Crippen LogP contribution in [0.25, 0.3) is 65.7 Å². The van der Waals surface area contributed by atoms with Crippen LogP contribution in [0.15, 0.2) is 180 Å². The van der Waals surface area contributed by atoms with E-state index in [1.807, 2.05) is 12.1 Å². The highest BCUT2D eigenvalue weighted by Crippen LogP contribution is 2.40. The lowest BCUT2D eigenvalue weighted by Crippen LogP contribution is -2.09. The second kappa shape index (κ2) is 10.8. The van der Waals surface area contributed by atoms with Crippen LogP contribution in [0.3, 0.4) is 0 Å². The van der Waals surface area contributed by atoms with Crippen LogP contribution in [0.2, 0.25) is 0 Å². The van der Waals surface area contributed by atoms with Gasteiger partial charge in [0.15, 0.2) is 0 Å². The van der Waals surface area contributed by atoms with Gasteiger partial charge in [0.1, 0.15) is 11.2 Å². The number of rotatable bonds is 5. The van der Waals surface area contributed by atoms with Gasteiger partial charge in [-0.2, -0.15) is 0 Å². The number of hydrogen-bond acceptors (Lipinski definition) is 2. The van der Waals surface area contributed by atoms with Crippen LogP contribution < -0.4 is 4.90 Å². The standard InChI is InChI=1S/C44H29NO/c1-3-11-30(12-4-1)31-13-9-14-32(25-31)33-15-10-18-37(26-33)45(36-16-5-2-6-17-36)38-23-24-39-34(27-38)21-22-35-28-44-42(29-41(35)39)40-19-7-8-20-43(40)46-44/h1-29H. The third-order valence-corrected chi connectivity index (χ3v) is 9.00. The molecule has 0 amide bonds. The fourth-order valence-electron chi connectivity index (χ4n) is 6.77. The third kappa shape index (κ3) is 4.51. The maximum Gasteiger partial charge on any atom is 0.136 e. The molecule has 0 atom stereocenters. The van der Waals surface area contributed by atoms with Gasteiger partial charge in [0.25, 0.3) is 0 Å². The lowest BCUT2D eigenvalue weighted by molar-refractivity contribution is 0.669. The van der Waals surface area contributed by atoms with Crippen molar-refractivity contribution in [2.45, 2.75) is 0 Å². The van der Waals surface area contributed by atoms with Crippen LogP contribution in [0, 0.1) is 0 Å². The first kappa shape index (κ1) is 26.3. The highest BCUT2D eigenvalue weighted by molar-refractivity contribution is 6.16. The summed E-state index contributed by atoms with van der Waals surface area (Å²) in [6.07, 6.45) is 0. The van der Waals surface area contributed by atoms with E-state index in [4.69, 9.17) is 4.42 Å². The minimum Gasteiger partial charge on any atom is -0.456 e. The molecule has 8 aromatic carbocycles. The van der Waals surface area contributed by atoms with Crippen molar-refractivity contribution in [2.24, 2.45) is 0 Å². The molecule has 0 radical (unpaired) electrons. The summed E-state index contributed by atoms with van der Waals surface area (Å²) in [5, 5.41) is 7.14. The summed E-state index contributed by atoms with van der Waals surface area (Å²) >= 11 is 0. The van der Waals surface area contributed by atoms with Gasteiger partial charge in [-0.05, 0) is 104 Å². The van der Waals surface area contributed by atoms with E-state index < -0.39 is 0 Å². The molecule has 0 saturated heterocycles. The van der Waals surface area contributed by atoms with Gasteiger partial charge in [-0.1, -0.05) is 115 Å². The van der Waals surface area contributed by atoms with E-state index in [0.29, 0.717) is 0 Å². The molecule has 0 N–H and O–H groups in total. The molecule has 0 aliphatic rings. The largest absolute Gasteiger partial charge is 0.456 e. The Morgan fingerprint density at radius 3 is 1.74 bits per heavy atom. The fraction of sp³-hybridized carbons (Fsp3) is 0. The zero-order valence-corrected chi connectivity index (χ0v) is 25.1. The van der Waals surface area contributed by atoms with E-state index in [1.54, 1.807) is 0 Å². The SMILES string of the molecule is c1ccc(-c2cccc(-c3cccc(N(c4ccccc4)c4ccc5c(ccc6cc7oc8ccccc8c7cc65)c4)c3)c2)cc1. The van der Waals surface area contributed by atoms with Gasteiger partial charge in [-0.3, -0.25) is 0 Å². The molecular formula is C44H29NO. The summed E-state index contributed by atoms with van der Waals surface area (Å²) in [5.74, 6) is 0. The average molecular weight is 588 g/mol. The Bertz CT molecular complexity index is 2530. The van der Waals surface area contributed by atoms with Crippen molar-refractivity contribution in [3.05, 3.63) is 176 Å². The molecule has 0 bridgehead atoms. The van der Waals surface area contributed by atoms with E-state index in [9.17, 15) is 0 Å². The predicted molar refractivity (Wildman–Crippen MR) is 194 cm³/mol. The number of nitrogens with zero attached hydrogens (tertiary/aromatic N) is 1. The number of para-hydroxylation sites is 2. The molecule has 1 aromatic heterocycles. The lowest BCUT2D eigenvalue weighted by Gasteiger charge is -2.26. The van der Waals surface area contributed by atoms with Crippen LogP contribution >= 0.6 is 0 Å². The van der Waals surface area contributed by atoms with Crippen molar-refractivity contribution < 1.29 is 4.42 Å². The zero-order valence-electron chi connectivity index (χ0n) is 25.1. The van der Waals surface area contributed by atoms with E-state index >= 15 is 0 Å². The number of fused-ring (bicyclic) bond motifs is 6. The summed E-state index contributed by atoms with van der Waals surface area (Å²) in [6, 6.07) is 62.8. The molecule has 0 aliphatic heterocycles. The second-order valence-corrected chi connectivity index (χ2v) is 11.8.